The second kappa shape index (κ2) is 9.13. The predicted molar refractivity (Wildman–Crippen MR) is 119 cm³/mol. The Kier molecular flexibility index (Phi) is 6.84. The lowest BCUT2D eigenvalue weighted by molar-refractivity contribution is -0.111. The van der Waals surface area contributed by atoms with E-state index in [0.717, 1.165) is 51.8 Å². The van der Waals surface area contributed by atoms with Gasteiger partial charge in [0.05, 0.1) is 28.0 Å². The number of hydrogen-bond donors (Lipinski definition) is 1. The van der Waals surface area contributed by atoms with Gasteiger partial charge in [-0.3, -0.25) is 4.79 Å². The molecule has 0 bridgehead atoms. The van der Waals surface area contributed by atoms with Crippen LogP contribution in [-0.2, 0) is 4.79 Å². The summed E-state index contributed by atoms with van der Waals surface area (Å²) < 4.78 is 7.11. The molecule has 1 aliphatic heterocycles. The van der Waals surface area contributed by atoms with Crippen LogP contribution in [0, 0.1) is 0 Å². The molecular formula is C20H19Br2ClN2O2. The van der Waals surface area contributed by atoms with Gasteiger partial charge in [-0.1, -0.05) is 33.6 Å². The average molecular weight is 515 g/mol. The molecule has 0 aromatic heterocycles. The highest BCUT2D eigenvalue weighted by molar-refractivity contribution is 9.11. The van der Waals surface area contributed by atoms with Crippen LogP contribution in [0.25, 0.3) is 6.08 Å². The molecule has 0 aliphatic carbocycles. The average Bonchev–Trinajstić information content (AvgIpc) is 3.14. The van der Waals surface area contributed by atoms with Crippen molar-refractivity contribution in [3.05, 3.63) is 55.9 Å². The minimum Gasteiger partial charge on any atom is -0.495 e. The zero-order valence-corrected chi connectivity index (χ0v) is 18.7. The van der Waals surface area contributed by atoms with Crippen molar-refractivity contribution in [3.63, 3.8) is 0 Å². The summed E-state index contributed by atoms with van der Waals surface area (Å²) >= 11 is 13.3. The lowest BCUT2D eigenvalue weighted by Crippen LogP contribution is -2.21. The van der Waals surface area contributed by atoms with Crippen molar-refractivity contribution < 1.29 is 9.53 Å². The van der Waals surface area contributed by atoms with E-state index in [2.05, 4.69) is 42.1 Å². The van der Waals surface area contributed by atoms with Crippen molar-refractivity contribution in [1.82, 2.24) is 0 Å². The third-order valence-corrected chi connectivity index (χ3v) is 5.67. The maximum absolute atomic E-state index is 12.5. The van der Waals surface area contributed by atoms with Crippen LogP contribution in [0.5, 0.6) is 5.75 Å². The molecule has 0 atom stereocenters. The zero-order chi connectivity index (χ0) is 19.4. The van der Waals surface area contributed by atoms with Crippen molar-refractivity contribution in [2.24, 2.45) is 0 Å². The lowest BCUT2D eigenvalue weighted by Gasteiger charge is -2.22. The fraction of sp³-hybridized carbons (Fsp3) is 0.250. The Labute approximate surface area is 180 Å². The molecular weight excluding hydrogens is 495 g/mol. The van der Waals surface area contributed by atoms with E-state index in [9.17, 15) is 4.79 Å². The molecule has 1 aliphatic rings. The number of hydrogen-bond acceptors (Lipinski definition) is 3. The summed E-state index contributed by atoms with van der Waals surface area (Å²) in [5, 5.41) is 3.60. The van der Waals surface area contributed by atoms with Gasteiger partial charge in [-0.2, -0.15) is 0 Å². The largest absolute Gasteiger partial charge is 0.495 e. The number of amides is 1. The number of carbonyl (C=O) groups is 1. The first-order valence-corrected chi connectivity index (χ1v) is 10.5. The Bertz CT molecular complexity index is 881. The fourth-order valence-electron chi connectivity index (χ4n) is 3.14. The van der Waals surface area contributed by atoms with Crippen molar-refractivity contribution in [1.29, 1.82) is 0 Å². The normalized spacial score (nSPS) is 14.0. The first kappa shape index (κ1) is 20.2. The number of anilines is 2. The number of halogens is 3. The number of ether oxygens (including phenoxy) is 1. The van der Waals surface area contributed by atoms with E-state index >= 15 is 0 Å². The summed E-state index contributed by atoms with van der Waals surface area (Å²) in [6, 6.07) is 9.36. The Morgan fingerprint density at radius 2 is 2.00 bits per heavy atom. The second-order valence-electron chi connectivity index (χ2n) is 6.16. The van der Waals surface area contributed by atoms with Crippen LogP contribution in [-0.4, -0.2) is 26.1 Å². The van der Waals surface area contributed by atoms with Crippen molar-refractivity contribution in [2.75, 3.05) is 30.4 Å². The van der Waals surface area contributed by atoms with Gasteiger partial charge in [-0.25, -0.2) is 0 Å². The highest BCUT2D eigenvalue weighted by Crippen LogP contribution is 2.36. The minimum atomic E-state index is -0.226. The Hall–Kier alpha value is -1.50. The van der Waals surface area contributed by atoms with Crippen molar-refractivity contribution >= 4 is 66.8 Å². The van der Waals surface area contributed by atoms with Crippen LogP contribution in [0.3, 0.4) is 0 Å². The zero-order valence-electron chi connectivity index (χ0n) is 14.8. The highest BCUT2D eigenvalue weighted by atomic mass is 79.9. The molecule has 0 radical (unpaired) electrons. The molecule has 0 saturated carbocycles. The Morgan fingerprint density at radius 1 is 1.26 bits per heavy atom. The van der Waals surface area contributed by atoms with Gasteiger partial charge in [-0.05, 0) is 59.1 Å². The number of carbonyl (C=O) groups excluding carboxylic acids is 1. The maximum atomic E-state index is 12.5. The molecule has 1 N–H and O–H groups in total. The first-order chi connectivity index (χ1) is 13.0. The van der Waals surface area contributed by atoms with Crippen LogP contribution < -0.4 is 15.0 Å². The van der Waals surface area contributed by atoms with Crippen LogP contribution >= 0.6 is 43.5 Å². The summed E-state index contributed by atoms with van der Waals surface area (Å²) in [6.07, 6.45) is 5.49. The van der Waals surface area contributed by atoms with E-state index in [-0.39, 0.29) is 5.91 Å². The van der Waals surface area contributed by atoms with Crippen LogP contribution in [0.4, 0.5) is 11.4 Å². The highest BCUT2D eigenvalue weighted by Gasteiger charge is 2.19. The topological polar surface area (TPSA) is 41.6 Å². The smallest absolute Gasteiger partial charge is 0.248 e. The monoisotopic (exact) mass is 512 g/mol. The van der Waals surface area contributed by atoms with Crippen LogP contribution in [0.15, 0.2) is 45.4 Å². The van der Waals surface area contributed by atoms with E-state index in [1.807, 2.05) is 30.3 Å². The molecule has 7 heteroatoms. The fourth-order valence-corrected chi connectivity index (χ4v) is 4.85. The lowest BCUT2D eigenvalue weighted by atomic mass is 10.2. The van der Waals surface area contributed by atoms with E-state index < -0.39 is 0 Å². The third-order valence-electron chi connectivity index (χ3n) is 4.32. The first-order valence-electron chi connectivity index (χ1n) is 8.55. The van der Waals surface area contributed by atoms with E-state index in [4.69, 9.17) is 16.3 Å². The van der Waals surface area contributed by atoms with E-state index in [0.29, 0.717) is 10.8 Å². The summed E-state index contributed by atoms with van der Waals surface area (Å²) in [4.78, 5) is 14.7. The quantitative estimate of drug-likeness (QED) is 0.489. The molecule has 27 heavy (non-hydrogen) atoms. The van der Waals surface area contributed by atoms with Gasteiger partial charge in [-0.15, -0.1) is 0 Å². The van der Waals surface area contributed by atoms with Gasteiger partial charge in [0.2, 0.25) is 5.91 Å². The second-order valence-corrected chi connectivity index (χ2v) is 8.34. The maximum Gasteiger partial charge on any atom is 0.248 e. The number of benzene rings is 2. The Morgan fingerprint density at radius 3 is 2.70 bits per heavy atom. The van der Waals surface area contributed by atoms with Crippen molar-refractivity contribution in [3.8, 4) is 5.75 Å². The molecule has 142 valence electrons. The van der Waals surface area contributed by atoms with E-state index in [1.165, 1.54) is 6.08 Å². The SMILES string of the molecule is COc1c(Br)cc(Br)cc1C=CC(=O)Nc1cccc(Cl)c1N1CCCC1. The minimum absolute atomic E-state index is 0.226. The molecule has 2 aromatic rings. The summed E-state index contributed by atoms with van der Waals surface area (Å²) in [6.45, 7) is 1.90. The molecule has 0 spiro atoms. The Balaban J connectivity index is 1.81. The van der Waals surface area contributed by atoms with Gasteiger partial charge in [0.1, 0.15) is 5.75 Å². The van der Waals surface area contributed by atoms with Gasteiger partial charge in [0.25, 0.3) is 0 Å². The summed E-state index contributed by atoms with van der Waals surface area (Å²) in [5.74, 6) is 0.443. The third kappa shape index (κ3) is 4.86. The number of rotatable bonds is 5. The number of nitrogens with zero attached hydrogens (tertiary/aromatic N) is 1. The summed E-state index contributed by atoms with van der Waals surface area (Å²) in [5.41, 5.74) is 2.40. The molecule has 1 amide bonds. The van der Waals surface area contributed by atoms with E-state index in [1.54, 1.807) is 13.2 Å². The van der Waals surface area contributed by atoms with Gasteiger partial charge >= 0.3 is 0 Å². The van der Waals surface area contributed by atoms with Crippen LogP contribution in [0.1, 0.15) is 18.4 Å². The molecule has 1 heterocycles. The van der Waals surface area contributed by atoms with Gasteiger partial charge in [0, 0.05) is 29.2 Å². The summed E-state index contributed by atoms with van der Waals surface area (Å²) in [7, 11) is 1.60. The number of nitrogens with one attached hydrogen (secondary N) is 1. The molecule has 4 nitrogen and oxygen atoms in total. The molecule has 1 saturated heterocycles. The van der Waals surface area contributed by atoms with Gasteiger partial charge in [0.15, 0.2) is 0 Å². The van der Waals surface area contributed by atoms with Crippen LogP contribution in [0.2, 0.25) is 5.02 Å². The predicted octanol–water partition coefficient (Wildman–Crippen LogP) is 6.13. The molecule has 1 fully saturated rings. The molecule has 3 rings (SSSR count). The van der Waals surface area contributed by atoms with Crippen molar-refractivity contribution in [2.45, 2.75) is 12.8 Å². The number of para-hydroxylation sites is 1. The molecule has 0 unspecified atom stereocenters. The molecule has 2 aromatic carbocycles. The number of methoxy groups -OCH3 is 1. The van der Waals surface area contributed by atoms with Gasteiger partial charge < -0.3 is 15.0 Å². The standard InChI is InChI=1S/C20H19Br2ClN2O2/c1-27-20-13(11-14(21)12-15(20)22)7-8-18(26)24-17-6-4-5-16(23)19(17)25-9-2-3-10-25/h4-8,11-12H,2-3,9-10H2,1H3,(H,24,26).